The van der Waals surface area contributed by atoms with Crippen LogP contribution in [0.15, 0.2) is 0 Å². The van der Waals surface area contributed by atoms with Crippen molar-refractivity contribution in [2.75, 3.05) is 6.54 Å². The van der Waals surface area contributed by atoms with Crippen LogP contribution >= 0.6 is 0 Å². The molecule has 0 heterocycles. The predicted molar refractivity (Wildman–Crippen MR) is 61.3 cm³/mol. The summed E-state index contributed by atoms with van der Waals surface area (Å²) < 4.78 is 0. The van der Waals surface area contributed by atoms with E-state index in [-0.39, 0.29) is 5.91 Å². The first-order chi connectivity index (χ1) is 6.81. The Balaban J connectivity index is 3.10. The molecule has 0 aromatic heterocycles. The molecule has 0 unspecified atom stereocenters. The Kier molecular flexibility index (Phi) is 10.2. The summed E-state index contributed by atoms with van der Waals surface area (Å²) in [7, 11) is 0. The first-order valence-corrected chi connectivity index (χ1v) is 6.08. The summed E-state index contributed by atoms with van der Waals surface area (Å²) >= 11 is 0. The van der Waals surface area contributed by atoms with Crippen LogP contribution in [0, 0.1) is 0 Å². The standard InChI is InChI=1S/C12H25NO/c1-3-5-7-8-9-10-12(14)13-11-6-4-2/h3-11H2,1-2H3,(H,13,14). The van der Waals surface area contributed by atoms with Crippen molar-refractivity contribution in [2.24, 2.45) is 0 Å². The van der Waals surface area contributed by atoms with Crippen LogP contribution in [0.3, 0.4) is 0 Å². The molecule has 0 bridgehead atoms. The Morgan fingerprint density at radius 3 is 2.21 bits per heavy atom. The molecule has 1 amide bonds. The lowest BCUT2D eigenvalue weighted by atomic mass is 10.1. The van der Waals surface area contributed by atoms with Crippen LogP contribution < -0.4 is 5.32 Å². The van der Waals surface area contributed by atoms with Crippen LogP contribution in [-0.2, 0) is 4.79 Å². The Morgan fingerprint density at radius 1 is 0.929 bits per heavy atom. The van der Waals surface area contributed by atoms with Crippen molar-refractivity contribution in [1.82, 2.24) is 5.32 Å². The van der Waals surface area contributed by atoms with Gasteiger partial charge in [-0.1, -0.05) is 46.0 Å². The summed E-state index contributed by atoms with van der Waals surface area (Å²) in [6.07, 6.45) is 9.07. The van der Waals surface area contributed by atoms with Crippen LogP contribution in [0.25, 0.3) is 0 Å². The highest BCUT2D eigenvalue weighted by Crippen LogP contribution is 2.04. The van der Waals surface area contributed by atoms with Crippen LogP contribution in [-0.4, -0.2) is 12.5 Å². The summed E-state index contributed by atoms with van der Waals surface area (Å²) in [6.45, 7) is 5.19. The fraction of sp³-hybridized carbons (Fsp3) is 0.917. The Morgan fingerprint density at radius 2 is 1.57 bits per heavy atom. The molecule has 0 aliphatic rings. The zero-order chi connectivity index (χ0) is 10.6. The van der Waals surface area contributed by atoms with Gasteiger partial charge in [0.1, 0.15) is 0 Å². The topological polar surface area (TPSA) is 29.1 Å². The monoisotopic (exact) mass is 199 g/mol. The van der Waals surface area contributed by atoms with Crippen LogP contribution in [0.2, 0.25) is 0 Å². The maximum atomic E-state index is 11.2. The molecule has 0 spiro atoms. The third kappa shape index (κ3) is 9.56. The molecule has 0 saturated heterocycles. The molecule has 0 fully saturated rings. The van der Waals surface area contributed by atoms with E-state index in [2.05, 4.69) is 19.2 Å². The van der Waals surface area contributed by atoms with Crippen molar-refractivity contribution < 1.29 is 4.79 Å². The van der Waals surface area contributed by atoms with Gasteiger partial charge in [0.05, 0.1) is 0 Å². The molecular formula is C12H25NO. The Bertz CT molecular complexity index is 134. The zero-order valence-corrected chi connectivity index (χ0v) is 9.77. The third-order valence-corrected chi connectivity index (χ3v) is 2.36. The summed E-state index contributed by atoms with van der Waals surface area (Å²) in [5.41, 5.74) is 0. The summed E-state index contributed by atoms with van der Waals surface area (Å²) in [4.78, 5) is 11.2. The highest BCUT2D eigenvalue weighted by Gasteiger charge is 1.99. The van der Waals surface area contributed by atoms with Crippen LogP contribution in [0.1, 0.15) is 65.2 Å². The molecule has 0 aliphatic heterocycles. The predicted octanol–water partition coefficient (Wildman–Crippen LogP) is 3.26. The second-order valence-electron chi connectivity index (χ2n) is 3.87. The van der Waals surface area contributed by atoms with Gasteiger partial charge in [-0.05, 0) is 12.8 Å². The first kappa shape index (κ1) is 13.5. The van der Waals surface area contributed by atoms with Crippen molar-refractivity contribution in [2.45, 2.75) is 65.2 Å². The van der Waals surface area contributed by atoms with E-state index < -0.39 is 0 Å². The summed E-state index contributed by atoms with van der Waals surface area (Å²) in [6, 6.07) is 0. The van der Waals surface area contributed by atoms with E-state index in [1.165, 1.54) is 25.7 Å². The van der Waals surface area contributed by atoms with E-state index in [1.807, 2.05) is 0 Å². The third-order valence-electron chi connectivity index (χ3n) is 2.36. The normalized spacial score (nSPS) is 10.1. The molecule has 84 valence electrons. The zero-order valence-electron chi connectivity index (χ0n) is 9.77. The van der Waals surface area contributed by atoms with Crippen molar-refractivity contribution in [3.63, 3.8) is 0 Å². The van der Waals surface area contributed by atoms with E-state index >= 15 is 0 Å². The fourth-order valence-electron chi connectivity index (χ4n) is 1.38. The number of carbonyl (C=O) groups excluding carboxylic acids is 1. The lowest BCUT2D eigenvalue weighted by Crippen LogP contribution is -2.23. The van der Waals surface area contributed by atoms with Gasteiger partial charge >= 0.3 is 0 Å². The van der Waals surface area contributed by atoms with E-state index in [4.69, 9.17) is 0 Å². The molecule has 2 heteroatoms. The quantitative estimate of drug-likeness (QED) is 0.567. The maximum absolute atomic E-state index is 11.2. The van der Waals surface area contributed by atoms with Crippen molar-refractivity contribution in [3.8, 4) is 0 Å². The average molecular weight is 199 g/mol. The molecule has 0 radical (unpaired) electrons. The van der Waals surface area contributed by atoms with Gasteiger partial charge in [-0.2, -0.15) is 0 Å². The minimum atomic E-state index is 0.231. The van der Waals surface area contributed by atoms with Crippen LogP contribution in [0.5, 0.6) is 0 Å². The molecule has 0 atom stereocenters. The molecular weight excluding hydrogens is 174 g/mol. The first-order valence-electron chi connectivity index (χ1n) is 6.08. The largest absolute Gasteiger partial charge is 0.356 e. The van der Waals surface area contributed by atoms with Gasteiger partial charge in [0.2, 0.25) is 5.91 Å². The lowest BCUT2D eigenvalue weighted by Gasteiger charge is -2.03. The molecule has 2 nitrogen and oxygen atoms in total. The van der Waals surface area contributed by atoms with E-state index in [1.54, 1.807) is 0 Å². The van der Waals surface area contributed by atoms with Gasteiger partial charge < -0.3 is 5.32 Å². The number of amides is 1. The number of rotatable bonds is 9. The number of hydrogen-bond acceptors (Lipinski definition) is 1. The van der Waals surface area contributed by atoms with Crippen molar-refractivity contribution >= 4 is 5.91 Å². The van der Waals surface area contributed by atoms with Gasteiger partial charge in [-0.3, -0.25) is 4.79 Å². The fourth-order valence-corrected chi connectivity index (χ4v) is 1.38. The molecule has 0 aromatic rings. The second kappa shape index (κ2) is 10.6. The van der Waals surface area contributed by atoms with E-state index in [0.717, 1.165) is 25.8 Å². The van der Waals surface area contributed by atoms with Gasteiger partial charge in [-0.25, -0.2) is 0 Å². The Labute approximate surface area is 88.5 Å². The number of carbonyl (C=O) groups is 1. The lowest BCUT2D eigenvalue weighted by molar-refractivity contribution is -0.121. The number of unbranched alkanes of at least 4 members (excludes halogenated alkanes) is 5. The highest BCUT2D eigenvalue weighted by molar-refractivity contribution is 5.75. The average Bonchev–Trinajstić information content (AvgIpc) is 2.18. The molecule has 0 aliphatic carbocycles. The van der Waals surface area contributed by atoms with E-state index in [9.17, 15) is 4.79 Å². The van der Waals surface area contributed by atoms with Crippen molar-refractivity contribution in [3.05, 3.63) is 0 Å². The highest BCUT2D eigenvalue weighted by atomic mass is 16.1. The minimum Gasteiger partial charge on any atom is -0.356 e. The van der Waals surface area contributed by atoms with Crippen molar-refractivity contribution in [1.29, 1.82) is 0 Å². The van der Waals surface area contributed by atoms with Gasteiger partial charge in [0, 0.05) is 13.0 Å². The second-order valence-corrected chi connectivity index (χ2v) is 3.87. The maximum Gasteiger partial charge on any atom is 0.219 e. The number of hydrogen-bond donors (Lipinski definition) is 1. The van der Waals surface area contributed by atoms with Crippen LogP contribution in [0.4, 0.5) is 0 Å². The van der Waals surface area contributed by atoms with Gasteiger partial charge in [0.15, 0.2) is 0 Å². The SMILES string of the molecule is CCCCCCCC(=O)NCCCC. The molecule has 0 saturated carbocycles. The van der Waals surface area contributed by atoms with E-state index in [0.29, 0.717) is 6.42 Å². The molecule has 14 heavy (non-hydrogen) atoms. The Hall–Kier alpha value is -0.530. The number of nitrogens with one attached hydrogen (secondary N) is 1. The molecule has 0 aromatic carbocycles. The van der Waals surface area contributed by atoms with Gasteiger partial charge in [-0.15, -0.1) is 0 Å². The summed E-state index contributed by atoms with van der Waals surface area (Å²) in [5, 5.41) is 2.94. The molecule has 1 N–H and O–H groups in total. The summed E-state index contributed by atoms with van der Waals surface area (Å²) in [5.74, 6) is 0.231. The molecule has 0 rings (SSSR count). The smallest absolute Gasteiger partial charge is 0.219 e. The minimum absolute atomic E-state index is 0.231. The van der Waals surface area contributed by atoms with Gasteiger partial charge in [0.25, 0.3) is 0 Å².